The Kier molecular flexibility index (Phi) is 3.62. The Labute approximate surface area is 118 Å². The molecule has 2 aromatic rings. The third-order valence-corrected chi connectivity index (χ3v) is 4.77. The molecule has 3 nitrogen and oxygen atoms in total. The molecule has 2 N–H and O–H groups in total. The number of hydrogen-bond acceptors (Lipinski definition) is 4. The van der Waals surface area contributed by atoms with Gasteiger partial charge in [0.15, 0.2) is 0 Å². The SMILES string of the molecule is CCc1nnsc1C(N)Cc1ccc2c(c1)CCC2. The lowest BCUT2D eigenvalue weighted by Gasteiger charge is -2.11. The molecule has 1 aliphatic carbocycles. The zero-order chi connectivity index (χ0) is 13.2. The molecule has 0 saturated heterocycles. The molecule has 0 fully saturated rings. The number of rotatable bonds is 4. The first-order valence-electron chi connectivity index (χ1n) is 6.95. The van der Waals surface area contributed by atoms with Gasteiger partial charge in [0, 0.05) is 6.04 Å². The topological polar surface area (TPSA) is 51.8 Å². The van der Waals surface area contributed by atoms with Gasteiger partial charge in [-0.25, -0.2) is 0 Å². The Morgan fingerprint density at radius 3 is 3.00 bits per heavy atom. The van der Waals surface area contributed by atoms with Gasteiger partial charge in [0.2, 0.25) is 0 Å². The van der Waals surface area contributed by atoms with E-state index in [0.717, 1.165) is 23.4 Å². The maximum Gasteiger partial charge on any atom is 0.0801 e. The van der Waals surface area contributed by atoms with Crippen molar-refractivity contribution in [3.63, 3.8) is 0 Å². The summed E-state index contributed by atoms with van der Waals surface area (Å²) in [7, 11) is 0. The number of hydrogen-bond donors (Lipinski definition) is 1. The number of aromatic nitrogens is 2. The zero-order valence-corrected chi connectivity index (χ0v) is 12.0. The monoisotopic (exact) mass is 273 g/mol. The predicted octanol–water partition coefficient (Wildman–Crippen LogP) is 2.83. The molecule has 0 radical (unpaired) electrons. The van der Waals surface area contributed by atoms with Gasteiger partial charge < -0.3 is 5.73 Å². The molecular weight excluding hydrogens is 254 g/mol. The lowest BCUT2D eigenvalue weighted by Crippen LogP contribution is -2.14. The summed E-state index contributed by atoms with van der Waals surface area (Å²) in [5.74, 6) is 0. The van der Waals surface area contributed by atoms with E-state index < -0.39 is 0 Å². The highest BCUT2D eigenvalue weighted by atomic mass is 32.1. The fourth-order valence-corrected chi connectivity index (χ4v) is 3.58. The Morgan fingerprint density at radius 1 is 1.32 bits per heavy atom. The Morgan fingerprint density at radius 2 is 2.16 bits per heavy atom. The molecule has 1 aromatic carbocycles. The smallest absolute Gasteiger partial charge is 0.0801 e. The van der Waals surface area contributed by atoms with Crippen molar-refractivity contribution >= 4 is 11.5 Å². The lowest BCUT2D eigenvalue weighted by atomic mass is 10.00. The molecule has 3 rings (SSSR count). The summed E-state index contributed by atoms with van der Waals surface area (Å²) in [6.45, 7) is 2.10. The van der Waals surface area contributed by atoms with E-state index in [1.54, 1.807) is 0 Å². The third kappa shape index (κ3) is 2.55. The third-order valence-electron chi connectivity index (χ3n) is 3.88. The van der Waals surface area contributed by atoms with E-state index in [0.29, 0.717) is 0 Å². The van der Waals surface area contributed by atoms with Crippen molar-refractivity contribution in [3.05, 3.63) is 45.5 Å². The van der Waals surface area contributed by atoms with Gasteiger partial charge in [0.25, 0.3) is 0 Å². The van der Waals surface area contributed by atoms with Crippen molar-refractivity contribution < 1.29 is 0 Å². The molecule has 1 unspecified atom stereocenters. The first-order chi connectivity index (χ1) is 9.28. The second-order valence-electron chi connectivity index (χ2n) is 5.20. The predicted molar refractivity (Wildman–Crippen MR) is 78.4 cm³/mol. The molecule has 100 valence electrons. The summed E-state index contributed by atoms with van der Waals surface area (Å²) in [5, 5.41) is 4.14. The molecule has 1 aromatic heterocycles. The maximum absolute atomic E-state index is 6.32. The minimum atomic E-state index is 0.0226. The van der Waals surface area contributed by atoms with Crippen LogP contribution in [0.4, 0.5) is 0 Å². The fourth-order valence-electron chi connectivity index (χ4n) is 2.84. The molecule has 0 spiro atoms. The second kappa shape index (κ2) is 5.39. The minimum absolute atomic E-state index is 0.0226. The van der Waals surface area contributed by atoms with E-state index >= 15 is 0 Å². The van der Waals surface area contributed by atoms with Gasteiger partial charge in [-0.05, 0) is 60.3 Å². The van der Waals surface area contributed by atoms with Gasteiger partial charge in [0.05, 0.1) is 10.6 Å². The standard InChI is InChI=1S/C15H19N3S/c1-2-14-15(19-18-17-14)13(16)9-10-6-7-11-4-3-5-12(11)8-10/h6-8,13H,2-5,9,16H2,1H3. The highest BCUT2D eigenvalue weighted by molar-refractivity contribution is 7.05. The van der Waals surface area contributed by atoms with Crippen LogP contribution in [0.15, 0.2) is 18.2 Å². The first-order valence-corrected chi connectivity index (χ1v) is 7.72. The summed E-state index contributed by atoms with van der Waals surface area (Å²) in [5.41, 5.74) is 11.8. The van der Waals surface area contributed by atoms with Crippen LogP contribution in [-0.2, 0) is 25.7 Å². The van der Waals surface area contributed by atoms with Crippen molar-refractivity contribution in [2.24, 2.45) is 5.73 Å². The van der Waals surface area contributed by atoms with Crippen molar-refractivity contribution in [2.45, 2.75) is 45.1 Å². The summed E-state index contributed by atoms with van der Waals surface area (Å²) in [6, 6.07) is 6.86. The van der Waals surface area contributed by atoms with E-state index in [1.807, 2.05) is 0 Å². The van der Waals surface area contributed by atoms with Crippen LogP contribution in [0.25, 0.3) is 0 Å². The van der Waals surface area contributed by atoms with Crippen LogP contribution in [-0.4, -0.2) is 9.59 Å². The molecule has 0 bridgehead atoms. The second-order valence-corrected chi connectivity index (χ2v) is 5.99. The molecule has 0 amide bonds. The molecule has 1 aliphatic rings. The largest absolute Gasteiger partial charge is 0.323 e. The van der Waals surface area contributed by atoms with Crippen LogP contribution >= 0.6 is 11.5 Å². The van der Waals surface area contributed by atoms with Crippen LogP contribution in [0.1, 0.15) is 46.6 Å². The van der Waals surface area contributed by atoms with Crippen LogP contribution in [0.5, 0.6) is 0 Å². The van der Waals surface area contributed by atoms with Crippen molar-refractivity contribution in [1.82, 2.24) is 9.59 Å². The van der Waals surface area contributed by atoms with Gasteiger partial charge in [0.1, 0.15) is 0 Å². The van der Waals surface area contributed by atoms with Crippen molar-refractivity contribution in [1.29, 1.82) is 0 Å². The summed E-state index contributed by atoms with van der Waals surface area (Å²) >= 11 is 1.44. The van der Waals surface area contributed by atoms with Crippen LogP contribution < -0.4 is 5.73 Å². The van der Waals surface area contributed by atoms with E-state index in [2.05, 4.69) is 34.7 Å². The number of nitrogens with zero attached hydrogens (tertiary/aromatic N) is 2. The Hall–Kier alpha value is -1.26. The Balaban J connectivity index is 1.78. The van der Waals surface area contributed by atoms with Crippen LogP contribution in [0, 0.1) is 0 Å². The van der Waals surface area contributed by atoms with E-state index in [1.165, 1.54) is 47.5 Å². The van der Waals surface area contributed by atoms with Crippen LogP contribution in [0.3, 0.4) is 0 Å². The maximum atomic E-state index is 6.32. The molecule has 0 saturated carbocycles. The van der Waals surface area contributed by atoms with Gasteiger partial charge in [-0.2, -0.15) is 0 Å². The summed E-state index contributed by atoms with van der Waals surface area (Å²) in [6.07, 6.45) is 5.54. The van der Waals surface area contributed by atoms with Gasteiger partial charge in [-0.1, -0.05) is 29.6 Å². The van der Waals surface area contributed by atoms with Gasteiger partial charge >= 0.3 is 0 Å². The fraction of sp³-hybridized carbons (Fsp3) is 0.467. The molecular formula is C15H19N3S. The quantitative estimate of drug-likeness (QED) is 0.932. The number of benzene rings is 1. The minimum Gasteiger partial charge on any atom is -0.323 e. The summed E-state index contributed by atoms with van der Waals surface area (Å²) < 4.78 is 4.03. The molecule has 4 heteroatoms. The molecule has 19 heavy (non-hydrogen) atoms. The highest BCUT2D eigenvalue weighted by Gasteiger charge is 2.16. The molecule has 1 atom stereocenters. The van der Waals surface area contributed by atoms with E-state index in [4.69, 9.17) is 5.73 Å². The van der Waals surface area contributed by atoms with Crippen molar-refractivity contribution in [2.75, 3.05) is 0 Å². The molecule has 1 heterocycles. The van der Waals surface area contributed by atoms with Gasteiger partial charge in [-0.3, -0.25) is 0 Å². The van der Waals surface area contributed by atoms with E-state index in [9.17, 15) is 0 Å². The number of nitrogens with two attached hydrogens (primary N) is 1. The average Bonchev–Trinajstić information content (AvgIpc) is 3.06. The number of aryl methyl sites for hydroxylation is 3. The van der Waals surface area contributed by atoms with Gasteiger partial charge in [-0.15, -0.1) is 5.10 Å². The number of fused-ring (bicyclic) bond motifs is 1. The Bertz CT molecular complexity index is 577. The summed E-state index contributed by atoms with van der Waals surface area (Å²) in [4.78, 5) is 1.14. The average molecular weight is 273 g/mol. The zero-order valence-electron chi connectivity index (χ0n) is 11.2. The highest BCUT2D eigenvalue weighted by Crippen LogP contribution is 2.26. The molecule has 0 aliphatic heterocycles. The van der Waals surface area contributed by atoms with E-state index in [-0.39, 0.29) is 6.04 Å². The van der Waals surface area contributed by atoms with Crippen molar-refractivity contribution in [3.8, 4) is 0 Å². The first kappa shape index (κ1) is 12.8. The lowest BCUT2D eigenvalue weighted by molar-refractivity contribution is 0.721. The van der Waals surface area contributed by atoms with Crippen LogP contribution in [0.2, 0.25) is 0 Å². The normalized spacial score (nSPS) is 15.5.